The van der Waals surface area contributed by atoms with Crippen LogP contribution in [0.4, 0.5) is 11.5 Å². The maximum atomic E-state index is 12.5. The van der Waals surface area contributed by atoms with Crippen LogP contribution in [0.25, 0.3) is 0 Å². The van der Waals surface area contributed by atoms with Gasteiger partial charge in [0.1, 0.15) is 5.82 Å². The summed E-state index contributed by atoms with van der Waals surface area (Å²) in [4.78, 5) is 18.7. The molecule has 1 heterocycles. The molecule has 0 aliphatic heterocycles. The fourth-order valence-corrected chi connectivity index (χ4v) is 2.19. The predicted molar refractivity (Wildman–Crippen MR) is 73.2 cm³/mol. The minimum Gasteiger partial charge on any atom is -0.397 e. The number of pyridine rings is 1. The van der Waals surface area contributed by atoms with Crippen LogP contribution < -0.4 is 10.6 Å². The molecule has 2 rings (SSSR count). The van der Waals surface area contributed by atoms with Gasteiger partial charge in [0.15, 0.2) is 0 Å². The molecule has 1 amide bonds. The first-order valence-corrected chi connectivity index (χ1v) is 6.72. The Labute approximate surface area is 108 Å². The largest absolute Gasteiger partial charge is 0.397 e. The van der Waals surface area contributed by atoms with E-state index in [0.29, 0.717) is 11.7 Å². The van der Waals surface area contributed by atoms with E-state index in [4.69, 9.17) is 5.73 Å². The number of aromatic nitrogens is 1. The van der Waals surface area contributed by atoms with Gasteiger partial charge in [0.2, 0.25) is 5.91 Å². The molecule has 4 heteroatoms. The number of carbonyl (C=O) groups excluding carboxylic acids is 1. The molecule has 1 saturated carbocycles. The Kier molecular flexibility index (Phi) is 3.84. The average molecular weight is 247 g/mol. The predicted octanol–water partition coefficient (Wildman–Crippen LogP) is 2.60. The first-order chi connectivity index (χ1) is 8.67. The second-order valence-corrected chi connectivity index (χ2v) is 4.90. The van der Waals surface area contributed by atoms with Crippen molar-refractivity contribution in [2.75, 3.05) is 10.6 Å². The van der Waals surface area contributed by atoms with E-state index in [9.17, 15) is 4.79 Å². The molecule has 98 valence electrons. The summed E-state index contributed by atoms with van der Waals surface area (Å²) in [6.45, 7) is 4.13. The molecule has 18 heavy (non-hydrogen) atoms. The highest BCUT2D eigenvalue weighted by Crippen LogP contribution is 2.33. The van der Waals surface area contributed by atoms with Crippen molar-refractivity contribution < 1.29 is 4.79 Å². The second-order valence-electron chi connectivity index (χ2n) is 4.90. The minimum absolute atomic E-state index is 0.102. The van der Waals surface area contributed by atoms with Gasteiger partial charge in [0.25, 0.3) is 0 Å². The van der Waals surface area contributed by atoms with Crippen LogP contribution in [0, 0.1) is 5.92 Å². The molecule has 0 unspecified atom stereocenters. The molecule has 1 aromatic heterocycles. The van der Waals surface area contributed by atoms with E-state index in [1.807, 2.05) is 11.0 Å². The molecule has 2 N–H and O–H groups in total. The van der Waals surface area contributed by atoms with Gasteiger partial charge in [0, 0.05) is 12.0 Å². The van der Waals surface area contributed by atoms with Gasteiger partial charge < -0.3 is 5.73 Å². The highest BCUT2D eigenvalue weighted by molar-refractivity contribution is 5.95. The summed E-state index contributed by atoms with van der Waals surface area (Å²) in [5.74, 6) is 1.05. The number of carbonyl (C=O) groups is 1. The van der Waals surface area contributed by atoms with E-state index in [0.717, 1.165) is 31.5 Å². The summed E-state index contributed by atoms with van der Waals surface area (Å²) in [5, 5.41) is 0. The van der Waals surface area contributed by atoms with Crippen LogP contribution in [-0.2, 0) is 4.79 Å². The van der Waals surface area contributed by atoms with Gasteiger partial charge in [-0.05, 0) is 37.8 Å². The average Bonchev–Trinajstić information content (AvgIpc) is 3.18. The summed E-state index contributed by atoms with van der Waals surface area (Å²) in [5.41, 5.74) is 6.27. The van der Waals surface area contributed by atoms with Crippen molar-refractivity contribution in [1.82, 2.24) is 4.98 Å². The Hall–Kier alpha value is -1.58. The lowest BCUT2D eigenvalue weighted by Gasteiger charge is -2.25. The number of rotatable bonds is 5. The number of amides is 1. The maximum Gasteiger partial charge on any atom is 0.231 e. The fraction of sp³-hybridized carbons (Fsp3) is 0.571. The summed E-state index contributed by atoms with van der Waals surface area (Å²) in [6, 6.07) is 3.99. The van der Waals surface area contributed by atoms with Crippen molar-refractivity contribution in [1.29, 1.82) is 0 Å². The number of nitrogens with two attached hydrogens (primary N) is 1. The molecule has 0 radical (unpaired) electrons. The lowest BCUT2D eigenvalue weighted by atomic mass is 10.0. The molecule has 1 fully saturated rings. The highest BCUT2D eigenvalue weighted by Gasteiger charge is 2.36. The lowest BCUT2D eigenvalue weighted by Crippen LogP contribution is -2.38. The number of nitrogen functional groups attached to an aromatic ring is 1. The quantitative estimate of drug-likeness (QED) is 0.870. The molecule has 4 nitrogen and oxygen atoms in total. The van der Waals surface area contributed by atoms with Crippen LogP contribution in [0.5, 0.6) is 0 Å². The lowest BCUT2D eigenvalue weighted by molar-refractivity contribution is -0.122. The van der Waals surface area contributed by atoms with E-state index in [1.165, 1.54) is 0 Å². The molecule has 0 bridgehead atoms. The number of anilines is 2. The third-order valence-corrected chi connectivity index (χ3v) is 3.50. The van der Waals surface area contributed by atoms with E-state index < -0.39 is 0 Å². The summed E-state index contributed by atoms with van der Waals surface area (Å²) < 4.78 is 0. The van der Waals surface area contributed by atoms with Crippen molar-refractivity contribution >= 4 is 17.4 Å². The highest BCUT2D eigenvalue weighted by atomic mass is 16.2. The number of hydrogen-bond donors (Lipinski definition) is 1. The molecule has 1 aliphatic carbocycles. The van der Waals surface area contributed by atoms with Gasteiger partial charge in [-0.3, -0.25) is 9.69 Å². The van der Waals surface area contributed by atoms with Crippen LogP contribution >= 0.6 is 0 Å². The topological polar surface area (TPSA) is 59.2 Å². The molecular weight excluding hydrogens is 226 g/mol. The number of hydrogen-bond acceptors (Lipinski definition) is 3. The van der Waals surface area contributed by atoms with Crippen molar-refractivity contribution in [3.05, 3.63) is 18.3 Å². The van der Waals surface area contributed by atoms with E-state index >= 15 is 0 Å². The standard InChI is InChI=1S/C14H21N3O/c1-3-10(4-2)14(18)17(12-6-7-12)13-8-5-11(15)9-16-13/h5,8-10,12H,3-4,6-7,15H2,1-2H3. The van der Waals surface area contributed by atoms with Gasteiger partial charge >= 0.3 is 0 Å². The van der Waals surface area contributed by atoms with Crippen molar-refractivity contribution in [2.24, 2.45) is 5.92 Å². The summed E-state index contributed by atoms with van der Waals surface area (Å²) >= 11 is 0. The molecule has 0 atom stereocenters. The zero-order valence-electron chi connectivity index (χ0n) is 11.1. The van der Waals surface area contributed by atoms with E-state index in [2.05, 4.69) is 18.8 Å². The van der Waals surface area contributed by atoms with Crippen molar-refractivity contribution in [3.63, 3.8) is 0 Å². The van der Waals surface area contributed by atoms with Crippen LogP contribution in [-0.4, -0.2) is 16.9 Å². The third-order valence-electron chi connectivity index (χ3n) is 3.50. The van der Waals surface area contributed by atoms with E-state index in [1.54, 1.807) is 12.3 Å². The van der Waals surface area contributed by atoms with Gasteiger partial charge in [-0.2, -0.15) is 0 Å². The molecule has 0 spiro atoms. The smallest absolute Gasteiger partial charge is 0.231 e. The van der Waals surface area contributed by atoms with Gasteiger partial charge in [-0.25, -0.2) is 4.98 Å². The molecule has 1 aliphatic rings. The monoisotopic (exact) mass is 247 g/mol. The van der Waals surface area contributed by atoms with Crippen LogP contribution in [0.15, 0.2) is 18.3 Å². The number of nitrogens with zero attached hydrogens (tertiary/aromatic N) is 2. The molecule has 0 aromatic carbocycles. The first-order valence-electron chi connectivity index (χ1n) is 6.72. The van der Waals surface area contributed by atoms with Crippen molar-refractivity contribution in [3.8, 4) is 0 Å². The first kappa shape index (κ1) is 12.9. The molecule has 1 aromatic rings. The molecule has 0 saturated heterocycles. The Balaban J connectivity index is 2.23. The Morgan fingerprint density at radius 1 is 1.44 bits per heavy atom. The Bertz CT molecular complexity index is 408. The second kappa shape index (κ2) is 5.38. The van der Waals surface area contributed by atoms with Crippen LogP contribution in [0.2, 0.25) is 0 Å². The van der Waals surface area contributed by atoms with Gasteiger partial charge in [-0.1, -0.05) is 13.8 Å². The van der Waals surface area contributed by atoms with E-state index in [-0.39, 0.29) is 11.8 Å². The maximum absolute atomic E-state index is 12.5. The van der Waals surface area contributed by atoms with Crippen LogP contribution in [0.1, 0.15) is 39.5 Å². The van der Waals surface area contributed by atoms with Crippen LogP contribution in [0.3, 0.4) is 0 Å². The normalized spacial score (nSPS) is 14.8. The van der Waals surface area contributed by atoms with Gasteiger partial charge in [0.05, 0.1) is 11.9 Å². The Morgan fingerprint density at radius 3 is 2.56 bits per heavy atom. The molecular formula is C14H21N3O. The zero-order chi connectivity index (χ0) is 13.1. The minimum atomic E-state index is 0.102. The SMILES string of the molecule is CCC(CC)C(=O)N(c1ccc(N)cn1)C1CC1. The van der Waals surface area contributed by atoms with Crippen molar-refractivity contribution in [2.45, 2.75) is 45.6 Å². The Morgan fingerprint density at radius 2 is 2.11 bits per heavy atom. The fourth-order valence-electron chi connectivity index (χ4n) is 2.19. The third kappa shape index (κ3) is 2.63. The zero-order valence-corrected chi connectivity index (χ0v) is 11.1. The summed E-state index contributed by atoms with van der Waals surface area (Å²) in [6.07, 6.45) is 5.54. The van der Waals surface area contributed by atoms with Gasteiger partial charge in [-0.15, -0.1) is 0 Å². The summed E-state index contributed by atoms with van der Waals surface area (Å²) in [7, 11) is 0.